The molecule has 0 aliphatic carbocycles. The first-order valence-electron chi connectivity index (χ1n) is 7.04. The number of aryl methyl sites for hydroxylation is 1. The maximum absolute atomic E-state index is 9.22. The fourth-order valence-electron chi connectivity index (χ4n) is 2.46. The summed E-state index contributed by atoms with van der Waals surface area (Å²) in [7, 11) is 0. The minimum absolute atomic E-state index is 0.0286. The van der Waals surface area contributed by atoms with Crippen molar-refractivity contribution in [3.05, 3.63) is 53.9 Å². The van der Waals surface area contributed by atoms with Gasteiger partial charge in [-0.05, 0) is 55.8 Å². The summed E-state index contributed by atoms with van der Waals surface area (Å²) in [5, 5.41) is 9.22. The standard InChI is InChI=1S/C17H18N2O2/c1-3-21-15-6-4-14(5-7-15)17-12(2)19-9-8-13(11-20)10-16(19)18-17/h4-10,20H,3,11H2,1-2H3. The van der Waals surface area contributed by atoms with Crippen molar-refractivity contribution < 1.29 is 9.84 Å². The van der Waals surface area contributed by atoms with Gasteiger partial charge < -0.3 is 14.2 Å². The zero-order valence-corrected chi connectivity index (χ0v) is 12.2. The lowest BCUT2D eigenvalue weighted by atomic mass is 10.1. The summed E-state index contributed by atoms with van der Waals surface area (Å²) in [5.41, 5.74) is 4.81. The molecule has 1 N–H and O–H groups in total. The first-order chi connectivity index (χ1) is 10.2. The third kappa shape index (κ3) is 2.50. The molecule has 108 valence electrons. The van der Waals surface area contributed by atoms with Crippen LogP contribution in [-0.4, -0.2) is 21.1 Å². The first kappa shape index (κ1) is 13.6. The Bertz CT molecular complexity index is 760. The highest BCUT2D eigenvalue weighted by atomic mass is 16.5. The van der Waals surface area contributed by atoms with Crippen LogP contribution in [0.4, 0.5) is 0 Å². The van der Waals surface area contributed by atoms with Crippen LogP contribution in [0.5, 0.6) is 5.75 Å². The van der Waals surface area contributed by atoms with Crippen LogP contribution < -0.4 is 4.74 Å². The molecule has 0 spiro atoms. The first-order valence-corrected chi connectivity index (χ1v) is 7.04. The number of benzene rings is 1. The van der Waals surface area contributed by atoms with E-state index in [0.29, 0.717) is 6.61 Å². The van der Waals surface area contributed by atoms with Crippen LogP contribution in [0.1, 0.15) is 18.2 Å². The van der Waals surface area contributed by atoms with E-state index in [-0.39, 0.29) is 6.61 Å². The number of hydrogen-bond donors (Lipinski definition) is 1. The molecule has 3 aromatic rings. The molecule has 2 aromatic heterocycles. The number of aromatic nitrogens is 2. The summed E-state index contributed by atoms with van der Waals surface area (Å²) in [6.45, 7) is 4.71. The molecule has 4 nitrogen and oxygen atoms in total. The van der Waals surface area contributed by atoms with E-state index in [0.717, 1.165) is 33.9 Å². The van der Waals surface area contributed by atoms with Crippen LogP contribution in [0.2, 0.25) is 0 Å². The molecule has 0 aliphatic rings. The number of imidazole rings is 1. The molecule has 3 rings (SSSR count). The largest absolute Gasteiger partial charge is 0.494 e. The Morgan fingerprint density at radius 2 is 1.95 bits per heavy atom. The van der Waals surface area contributed by atoms with E-state index in [1.165, 1.54) is 0 Å². The van der Waals surface area contributed by atoms with E-state index in [4.69, 9.17) is 4.74 Å². The predicted molar refractivity (Wildman–Crippen MR) is 82.5 cm³/mol. The van der Waals surface area contributed by atoms with Gasteiger partial charge in [-0.1, -0.05) is 0 Å². The van der Waals surface area contributed by atoms with Crippen molar-refractivity contribution >= 4 is 5.65 Å². The van der Waals surface area contributed by atoms with Crippen molar-refractivity contribution in [3.63, 3.8) is 0 Å². The van der Waals surface area contributed by atoms with Gasteiger partial charge in [0.25, 0.3) is 0 Å². The van der Waals surface area contributed by atoms with Crippen LogP contribution in [0, 0.1) is 6.92 Å². The van der Waals surface area contributed by atoms with Gasteiger partial charge in [0.05, 0.1) is 18.9 Å². The third-order valence-corrected chi connectivity index (χ3v) is 3.55. The number of hydrogen-bond acceptors (Lipinski definition) is 3. The molecular weight excluding hydrogens is 264 g/mol. The van der Waals surface area contributed by atoms with Crippen LogP contribution in [0.15, 0.2) is 42.6 Å². The molecule has 0 atom stereocenters. The summed E-state index contributed by atoms with van der Waals surface area (Å²) in [6, 6.07) is 11.8. The minimum Gasteiger partial charge on any atom is -0.494 e. The Labute approximate surface area is 123 Å². The van der Waals surface area contributed by atoms with Crippen LogP contribution in [-0.2, 0) is 6.61 Å². The molecule has 1 aromatic carbocycles. The Hall–Kier alpha value is -2.33. The second kappa shape index (κ2) is 5.58. The monoisotopic (exact) mass is 282 g/mol. The van der Waals surface area contributed by atoms with Gasteiger partial charge in [-0.3, -0.25) is 0 Å². The molecule has 0 unspecified atom stereocenters. The number of fused-ring (bicyclic) bond motifs is 1. The average molecular weight is 282 g/mol. The Kier molecular flexibility index (Phi) is 3.62. The number of aliphatic hydroxyl groups is 1. The van der Waals surface area contributed by atoms with Gasteiger partial charge in [0, 0.05) is 17.5 Å². The molecule has 0 radical (unpaired) electrons. The van der Waals surface area contributed by atoms with Crippen molar-refractivity contribution in [3.8, 4) is 17.0 Å². The van der Waals surface area contributed by atoms with Gasteiger partial charge in [0.15, 0.2) is 0 Å². The van der Waals surface area contributed by atoms with Crippen molar-refractivity contribution in [2.24, 2.45) is 0 Å². The van der Waals surface area contributed by atoms with Crippen LogP contribution in [0.25, 0.3) is 16.9 Å². The summed E-state index contributed by atoms with van der Waals surface area (Å²) in [5.74, 6) is 0.866. The van der Waals surface area contributed by atoms with Crippen molar-refractivity contribution in [2.75, 3.05) is 6.61 Å². The molecule has 0 aliphatic heterocycles. The number of aliphatic hydroxyl groups excluding tert-OH is 1. The zero-order chi connectivity index (χ0) is 14.8. The van der Waals surface area contributed by atoms with E-state index < -0.39 is 0 Å². The highest BCUT2D eigenvalue weighted by Gasteiger charge is 2.10. The van der Waals surface area contributed by atoms with Crippen LogP contribution >= 0.6 is 0 Å². The molecule has 2 heterocycles. The molecule has 0 fully saturated rings. The third-order valence-electron chi connectivity index (χ3n) is 3.55. The summed E-state index contributed by atoms with van der Waals surface area (Å²) < 4.78 is 7.50. The summed E-state index contributed by atoms with van der Waals surface area (Å²) in [6.07, 6.45) is 1.95. The van der Waals surface area contributed by atoms with Gasteiger partial charge in [0.2, 0.25) is 0 Å². The van der Waals surface area contributed by atoms with E-state index in [1.807, 2.05) is 60.8 Å². The van der Waals surface area contributed by atoms with Crippen molar-refractivity contribution in [1.82, 2.24) is 9.38 Å². The average Bonchev–Trinajstić information content (AvgIpc) is 2.85. The van der Waals surface area contributed by atoms with E-state index in [1.54, 1.807) is 0 Å². The molecule has 0 saturated heterocycles. The fourth-order valence-corrected chi connectivity index (χ4v) is 2.46. The Balaban J connectivity index is 2.05. The minimum atomic E-state index is 0.0286. The van der Waals surface area contributed by atoms with Crippen LogP contribution in [0.3, 0.4) is 0 Å². The predicted octanol–water partition coefficient (Wildman–Crippen LogP) is 3.20. The lowest BCUT2D eigenvalue weighted by Gasteiger charge is -2.04. The molecule has 4 heteroatoms. The highest BCUT2D eigenvalue weighted by molar-refractivity contribution is 5.67. The van der Waals surface area contributed by atoms with Gasteiger partial charge >= 0.3 is 0 Å². The van der Waals surface area contributed by atoms with Crippen molar-refractivity contribution in [1.29, 1.82) is 0 Å². The number of pyridine rings is 1. The van der Waals surface area contributed by atoms with Gasteiger partial charge in [-0.2, -0.15) is 0 Å². The van der Waals surface area contributed by atoms with E-state index in [9.17, 15) is 5.11 Å². The normalized spacial score (nSPS) is 11.0. The maximum Gasteiger partial charge on any atom is 0.138 e. The Morgan fingerprint density at radius 1 is 1.19 bits per heavy atom. The SMILES string of the molecule is CCOc1ccc(-c2nc3cc(CO)ccn3c2C)cc1. The molecule has 0 amide bonds. The molecule has 0 bridgehead atoms. The molecule has 0 saturated carbocycles. The summed E-state index contributed by atoms with van der Waals surface area (Å²) in [4.78, 5) is 4.68. The quantitative estimate of drug-likeness (QED) is 0.799. The van der Waals surface area contributed by atoms with Crippen molar-refractivity contribution in [2.45, 2.75) is 20.5 Å². The number of nitrogens with zero attached hydrogens (tertiary/aromatic N) is 2. The second-order valence-electron chi connectivity index (χ2n) is 4.92. The highest BCUT2D eigenvalue weighted by Crippen LogP contribution is 2.26. The van der Waals surface area contributed by atoms with Gasteiger partial charge in [0.1, 0.15) is 11.4 Å². The fraction of sp³-hybridized carbons (Fsp3) is 0.235. The lowest BCUT2D eigenvalue weighted by Crippen LogP contribution is -1.91. The molecular formula is C17H18N2O2. The second-order valence-corrected chi connectivity index (χ2v) is 4.92. The smallest absolute Gasteiger partial charge is 0.138 e. The number of rotatable bonds is 4. The number of ether oxygens (including phenoxy) is 1. The Morgan fingerprint density at radius 3 is 2.62 bits per heavy atom. The van der Waals surface area contributed by atoms with E-state index >= 15 is 0 Å². The van der Waals surface area contributed by atoms with E-state index in [2.05, 4.69) is 4.98 Å². The summed E-state index contributed by atoms with van der Waals surface area (Å²) >= 11 is 0. The van der Waals surface area contributed by atoms with Gasteiger partial charge in [-0.15, -0.1) is 0 Å². The topological polar surface area (TPSA) is 46.8 Å². The lowest BCUT2D eigenvalue weighted by molar-refractivity contribution is 0.282. The maximum atomic E-state index is 9.22. The molecule has 21 heavy (non-hydrogen) atoms. The zero-order valence-electron chi connectivity index (χ0n) is 12.2. The van der Waals surface area contributed by atoms with Gasteiger partial charge in [-0.25, -0.2) is 4.98 Å².